The van der Waals surface area contributed by atoms with Crippen LogP contribution in [0.1, 0.15) is 23.7 Å². The second-order valence-electron chi connectivity index (χ2n) is 3.93. The molecule has 0 saturated carbocycles. The van der Waals surface area contributed by atoms with Gasteiger partial charge in [-0.05, 0) is 18.6 Å². The predicted octanol–water partition coefficient (Wildman–Crippen LogP) is 2.00. The monoisotopic (exact) mass is 410 g/mol. The zero-order valence-corrected chi connectivity index (χ0v) is 14.4. The Morgan fingerprint density at radius 1 is 1.30 bits per heavy atom. The van der Waals surface area contributed by atoms with Gasteiger partial charge in [-0.1, -0.05) is 30.7 Å². The zero-order valence-electron chi connectivity index (χ0n) is 11.4. The fourth-order valence-corrected chi connectivity index (χ4v) is 1.62. The van der Waals surface area contributed by atoms with Gasteiger partial charge in [-0.2, -0.15) is 0 Å². The standard InChI is InChI=1S/C13H19ClN4O.HI/c1-2-7-17-13(15)18-9-8-16-12(19)10-5-3-4-6-11(10)14;/h3-6H,2,7-9H2,1H3,(H,16,19)(H3,15,17,18);1H. The van der Waals surface area contributed by atoms with Crippen molar-refractivity contribution < 1.29 is 4.79 Å². The van der Waals surface area contributed by atoms with Gasteiger partial charge in [0.25, 0.3) is 5.91 Å². The summed E-state index contributed by atoms with van der Waals surface area (Å²) in [4.78, 5) is 15.9. The normalized spacial score (nSPS) is 10.6. The van der Waals surface area contributed by atoms with Gasteiger partial charge in [-0.15, -0.1) is 24.0 Å². The lowest BCUT2D eigenvalue weighted by Gasteiger charge is -2.08. The first-order valence-corrected chi connectivity index (χ1v) is 6.59. The number of carbonyl (C=O) groups excluding carboxylic acids is 1. The first-order valence-electron chi connectivity index (χ1n) is 6.21. The van der Waals surface area contributed by atoms with Gasteiger partial charge < -0.3 is 16.4 Å². The van der Waals surface area contributed by atoms with E-state index in [1.165, 1.54) is 0 Å². The van der Waals surface area contributed by atoms with Crippen molar-refractivity contribution in [1.82, 2.24) is 10.6 Å². The highest BCUT2D eigenvalue weighted by Gasteiger charge is 2.07. The molecule has 20 heavy (non-hydrogen) atoms. The van der Waals surface area contributed by atoms with E-state index in [4.69, 9.17) is 17.3 Å². The van der Waals surface area contributed by atoms with Crippen LogP contribution in [0.5, 0.6) is 0 Å². The topological polar surface area (TPSA) is 79.5 Å². The molecule has 0 atom stereocenters. The summed E-state index contributed by atoms with van der Waals surface area (Å²) in [5.41, 5.74) is 6.09. The van der Waals surface area contributed by atoms with Gasteiger partial charge in [0.05, 0.1) is 10.6 Å². The van der Waals surface area contributed by atoms with Crippen LogP contribution in [0.3, 0.4) is 0 Å². The third-order valence-corrected chi connectivity index (χ3v) is 2.67. The van der Waals surface area contributed by atoms with Crippen LogP contribution in [-0.4, -0.2) is 31.5 Å². The number of nitrogens with one attached hydrogen (secondary N) is 2. The summed E-state index contributed by atoms with van der Waals surface area (Å²) in [6.07, 6.45) is 0.950. The summed E-state index contributed by atoms with van der Waals surface area (Å²) in [6.45, 7) is 3.70. The Morgan fingerprint density at radius 3 is 2.60 bits per heavy atom. The van der Waals surface area contributed by atoms with Gasteiger partial charge in [-0.3, -0.25) is 9.79 Å². The van der Waals surface area contributed by atoms with Gasteiger partial charge in [0.1, 0.15) is 0 Å². The first-order chi connectivity index (χ1) is 9.15. The fraction of sp³-hybridized carbons (Fsp3) is 0.385. The molecule has 0 heterocycles. The number of rotatable bonds is 6. The molecule has 1 amide bonds. The molecule has 7 heteroatoms. The number of benzene rings is 1. The molecule has 0 aliphatic rings. The third kappa shape index (κ3) is 6.95. The molecule has 1 aromatic carbocycles. The molecular weight excluding hydrogens is 391 g/mol. The van der Waals surface area contributed by atoms with Gasteiger partial charge in [0.2, 0.25) is 0 Å². The molecule has 0 radical (unpaired) electrons. The summed E-state index contributed by atoms with van der Waals surface area (Å²) in [5.74, 6) is 0.199. The van der Waals surface area contributed by atoms with Crippen molar-refractivity contribution in [1.29, 1.82) is 0 Å². The molecule has 4 N–H and O–H groups in total. The van der Waals surface area contributed by atoms with Crippen LogP contribution in [0.15, 0.2) is 29.3 Å². The number of hydrogen-bond donors (Lipinski definition) is 3. The lowest BCUT2D eigenvalue weighted by atomic mass is 10.2. The summed E-state index contributed by atoms with van der Waals surface area (Å²) in [7, 11) is 0. The number of guanidine groups is 1. The van der Waals surface area contributed by atoms with E-state index in [0.717, 1.165) is 6.42 Å². The fourth-order valence-electron chi connectivity index (χ4n) is 1.40. The summed E-state index contributed by atoms with van der Waals surface area (Å²) >= 11 is 5.92. The van der Waals surface area contributed by atoms with Crippen molar-refractivity contribution in [2.75, 3.05) is 19.6 Å². The molecular formula is C13H20ClIN4O. The molecule has 0 aromatic heterocycles. The highest BCUT2D eigenvalue weighted by atomic mass is 127. The minimum absolute atomic E-state index is 0. The van der Waals surface area contributed by atoms with Crippen LogP contribution in [0.4, 0.5) is 0 Å². The number of halogens is 2. The number of nitrogens with zero attached hydrogens (tertiary/aromatic N) is 1. The van der Waals surface area contributed by atoms with E-state index in [1.807, 2.05) is 6.92 Å². The van der Waals surface area contributed by atoms with Crippen LogP contribution in [-0.2, 0) is 0 Å². The zero-order chi connectivity index (χ0) is 14.1. The Hall–Kier alpha value is -1.02. The van der Waals surface area contributed by atoms with E-state index >= 15 is 0 Å². The van der Waals surface area contributed by atoms with Crippen molar-refractivity contribution in [3.8, 4) is 0 Å². The minimum atomic E-state index is -0.198. The molecule has 5 nitrogen and oxygen atoms in total. The van der Waals surface area contributed by atoms with E-state index in [2.05, 4.69) is 15.6 Å². The molecule has 1 aromatic rings. The SMILES string of the molecule is CCCN=C(N)NCCNC(=O)c1ccccc1Cl.I. The second kappa shape index (κ2) is 10.7. The first kappa shape index (κ1) is 19.0. The van der Waals surface area contributed by atoms with Crippen molar-refractivity contribution in [3.05, 3.63) is 34.9 Å². The number of hydrogen-bond acceptors (Lipinski definition) is 2. The molecule has 0 fully saturated rings. The minimum Gasteiger partial charge on any atom is -0.370 e. The van der Waals surface area contributed by atoms with Crippen molar-refractivity contribution in [2.24, 2.45) is 10.7 Å². The third-order valence-electron chi connectivity index (χ3n) is 2.34. The molecule has 0 aliphatic carbocycles. The van der Waals surface area contributed by atoms with E-state index in [9.17, 15) is 4.79 Å². The lowest BCUT2D eigenvalue weighted by Crippen LogP contribution is -2.38. The average Bonchev–Trinajstić information content (AvgIpc) is 2.41. The Balaban J connectivity index is 0.00000361. The Kier molecular flexibility index (Phi) is 10.2. The highest BCUT2D eigenvalue weighted by molar-refractivity contribution is 14.0. The summed E-state index contributed by atoms with van der Waals surface area (Å²) in [6, 6.07) is 6.92. The number of aliphatic imine (C=N–C) groups is 1. The maximum atomic E-state index is 11.8. The lowest BCUT2D eigenvalue weighted by molar-refractivity contribution is 0.0954. The van der Waals surface area contributed by atoms with Crippen LogP contribution >= 0.6 is 35.6 Å². The Labute approximate surface area is 141 Å². The van der Waals surface area contributed by atoms with Crippen molar-refractivity contribution in [3.63, 3.8) is 0 Å². The van der Waals surface area contributed by atoms with Gasteiger partial charge in [0.15, 0.2) is 5.96 Å². The van der Waals surface area contributed by atoms with E-state index < -0.39 is 0 Å². The van der Waals surface area contributed by atoms with E-state index in [1.54, 1.807) is 24.3 Å². The highest BCUT2D eigenvalue weighted by Crippen LogP contribution is 2.14. The molecule has 112 valence electrons. The summed E-state index contributed by atoms with van der Waals surface area (Å²) < 4.78 is 0. The average molecular weight is 411 g/mol. The molecule has 0 unspecified atom stereocenters. The van der Waals surface area contributed by atoms with Gasteiger partial charge in [0, 0.05) is 19.6 Å². The van der Waals surface area contributed by atoms with Crippen LogP contribution in [0.25, 0.3) is 0 Å². The number of amides is 1. The summed E-state index contributed by atoms with van der Waals surface area (Å²) in [5, 5.41) is 6.12. The van der Waals surface area contributed by atoms with E-state index in [0.29, 0.717) is 36.2 Å². The molecule has 0 aliphatic heterocycles. The molecule has 0 saturated heterocycles. The number of nitrogens with two attached hydrogens (primary N) is 1. The van der Waals surface area contributed by atoms with Gasteiger partial charge >= 0.3 is 0 Å². The quantitative estimate of drug-likeness (QED) is 0.290. The molecule has 0 bridgehead atoms. The second-order valence-corrected chi connectivity index (χ2v) is 4.34. The van der Waals surface area contributed by atoms with Crippen LogP contribution < -0.4 is 16.4 Å². The van der Waals surface area contributed by atoms with E-state index in [-0.39, 0.29) is 29.9 Å². The van der Waals surface area contributed by atoms with Crippen LogP contribution in [0.2, 0.25) is 5.02 Å². The Morgan fingerprint density at radius 2 is 1.95 bits per heavy atom. The van der Waals surface area contributed by atoms with Gasteiger partial charge in [-0.25, -0.2) is 0 Å². The largest absolute Gasteiger partial charge is 0.370 e. The van der Waals surface area contributed by atoms with Crippen LogP contribution in [0, 0.1) is 0 Å². The number of carbonyl (C=O) groups is 1. The molecule has 1 rings (SSSR count). The molecule has 0 spiro atoms. The van der Waals surface area contributed by atoms with Crippen molar-refractivity contribution >= 4 is 47.4 Å². The smallest absolute Gasteiger partial charge is 0.252 e. The Bertz CT molecular complexity index is 454. The predicted molar refractivity (Wildman–Crippen MR) is 94.0 cm³/mol. The maximum absolute atomic E-state index is 11.8. The van der Waals surface area contributed by atoms with Crippen molar-refractivity contribution in [2.45, 2.75) is 13.3 Å². The maximum Gasteiger partial charge on any atom is 0.252 e.